The minimum atomic E-state index is -0.519. The molecule has 4 rings (SSSR count). The van der Waals surface area contributed by atoms with Crippen LogP contribution in [0.15, 0.2) is 51.9 Å². The molecule has 1 unspecified atom stereocenters. The number of aromatic nitrogens is 4. The lowest BCUT2D eigenvalue weighted by molar-refractivity contribution is -0.122. The summed E-state index contributed by atoms with van der Waals surface area (Å²) in [5.74, 6) is -0.706. The van der Waals surface area contributed by atoms with Crippen molar-refractivity contribution in [2.75, 3.05) is 0 Å². The number of fused-ring (bicyclic) bond motifs is 2. The second kappa shape index (κ2) is 6.40. The molecule has 0 bridgehead atoms. The SMILES string of the molecule is CC(C(=O)NCc1ccc2nonc2c1)c1n[nH]c(=O)c2ccccc12. The van der Waals surface area contributed by atoms with Gasteiger partial charge in [0.1, 0.15) is 11.0 Å². The molecule has 0 fully saturated rings. The smallest absolute Gasteiger partial charge is 0.272 e. The Balaban J connectivity index is 1.54. The average molecular weight is 349 g/mol. The van der Waals surface area contributed by atoms with Crippen molar-refractivity contribution in [1.82, 2.24) is 25.8 Å². The Bertz CT molecular complexity index is 1160. The Hall–Kier alpha value is -3.55. The van der Waals surface area contributed by atoms with Gasteiger partial charge in [-0.2, -0.15) is 5.10 Å². The van der Waals surface area contributed by atoms with Crippen molar-refractivity contribution in [2.24, 2.45) is 0 Å². The van der Waals surface area contributed by atoms with E-state index < -0.39 is 5.92 Å². The van der Waals surface area contributed by atoms with Crippen molar-refractivity contribution >= 4 is 27.7 Å². The average Bonchev–Trinajstić information content (AvgIpc) is 3.14. The van der Waals surface area contributed by atoms with Crippen LogP contribution in [0.5, 0.6) is 0 Å². The molecule has 2 N–H and O–H groups in total. The molecular formula is C18H15N5O3. The number of carbonyl (C=O) groups excluding carboxylic acids is 1. The van der Waals surface area contributed by atoms with Crippen LogP contribution in [0.1, 0.15) is 24.1 Å². The van der Waals surface area contributed by atoms with Crippen LogP contribution in [-0.2, 0) is 11.3 Å². The molecule has 0 radical (unpaired) electrons. The van der Waals surface area contributed by atoms with E-state index in [2.05, 4.69) is 30.5 Å². The Labute approximate surface area is 147 Å². The molecule has 4 aromatic rings. The summed E-state index contributed by atoms with van der Waals surface area (Å²) in [5, 5.41) is 18.2. The van der Waals surface area contributed by atoms with E-state index in [0.717, 1.165) is 5.56 Å². The third-order valence-corrected chi connectivity index (χ3v) is 4.31. The van der Waals surface area contributed by atoms with Gasteiger partial charge in [-0.05, 0) is 41.0 Å². The molecule has 0 saturated carbocycles. The standard InChI is InChI=1S/C18H15N5O3/c1-10(16-12-4-2-3-5-13(12)18(25)21-20-16)17(24)19-9-11-6-7-14-15(8-11)23-26-22-14/h2-8,10H,9H2,1H3,(H,19,24)(H,21,25). The topological polar surface area (TPSA) is 114 Å². The van der Waals surface area contributed by atoms with Gasteiger partial charge in [0.15, 0.2) is 0 Å². The highest BCUT2D eigenvalue weighted by Crippen LogP contribution is 2.21. The van der Waals surface area contributed by atoms with E-state index >= 15 is 0 Å². The molecule has 1 atom stereocenters. The number of benzene rings is 2. The van der Waals surface area contributed by atoms with Crippen LogP contribution in [0.2, 0.25) is 0 Å². The number of nitrogens with one attached hydrogen (secondary N) is 2. The maximum Gasteiger partial charge on any atom is 0.272 e. The van der Waals surface area contributed by atoms with Gasteiger partial charge >= 0.3 is 0 Å². The van der Waals surface area contributed by atoms with Gasteiger partial charge in [0, 0.05) is 11.9 Å². The second-order valence-corrected chi connectivity index (χ2v) is 6.01. The fourth-order valence-electron chi connectivity index (χ4n) is 2.87. The summed E-state index contributed by atoms with van der Waals surface area (Å²) in [6, 6.07) is 12.6. The predicted octanol–water partition coefficient (Wildman–Crippen LogP) is 1.88. The zero-order valence-electron chi connectivity index (χ0n) is 13.9. The normalized spacial score (nSPS) is 12.3. The van der Waals surface area contributed by atoms with Crippen LogP contribution >= 0.6 is 0 Å². The Kier molecular flexibility index (Phi) is 3.92. The molecule has 8 heteroatoms. The van der Waals surface area contributed by atoms with Crippen molar-refractivity contribution in [2.45, 2.75) is 19.4 Å². The first-order chi connectivity index (χ1) is 12.6. The molecule has 0 aliphatic heterocycles. The molecule has 8 nitrogen and oxygen atoms in total. The number of hydrogen-bond acceptors (Lipinski definition) is 6. The number of nitrogens with zero attached hydrogens (tertiary/aromatic N) is 3. The van der Waals surface area contributed by atoms with Crippen LogP contribution in [0, 0.1) is 0 Å². The Morgan fingerprint density at radius 2 is 1.92 bits per heavy atom. The number of amides is 1. The van der Waals surface area contributed by atoms with Crippen molar-refractivity contribution in [3.05, 3.63) is 64.1 Å². The lowest BCUT2D eigenvalue weighted by Gasteiger charge is -2.13. The zero-order valence-corrected chi connectivity index (χ0v) is 13.9. The molecule has 0 aliphatic rings. The lowest BCUT2D eigenvalue weighted by atomic mass is 10.0. The first kappa shape index (κ1) is 15.9. The summed E-state index contributed by atoms with van der Waals surface area (Å²) in [7, 11) is 0. The summed E-state index contributed by atoms with van der Waals surface area (Å²) < 4.78 is 4.67. The van der Waals surface area contributed by atoms with Crippen molar-refractivity contribution in [1.29, 1.82) is 0 Å². The zero-order chi connectivity index (χ0) is 18.1. The van der Waals surface area contributed by atoms with Gasteiger partial charge < -0.3 is 5.32 Å². The molecule has 2 heterocycles. The van der Waals surface area contributed by atoms with E-state index in [0.29, 0.717) is 34.0 Å². The minimum Gasteiger partial charge on any atom is -0.351 e. The van der Waals surface area contributed by atoms with E-state index in [1.54, 1.807) is 31.2 Å². The fourth-order valence-corrected chi connectivity index (χ4v) is 2.87. The van der Waals surface area contributed by atoms with Crippen molar-refractivity contribution in [3.8, 4) is 0 Å². The molecule has 2 aromatic heterocycles. The van der Waals surface area contributed by atoms with Gasteiger partial charge in [-0.3, -0.25) is 9.59 Å². The van der Waals surface area contributed by atoms with E-state index in [1.165, 1.54) is 0 Å². The van der Waals surface area contributed by atoms with Crippen LogP contribution in [0.25, 0.3) is 21.8 Å². The predicted molar refractivity (Wildman–Crippen MR) is 94.4 cm³/mol. The van der Waals surface area contributed by atoms with Gasteiger partial charge in [-0.1, -0.05) is 24.3 Å². The maximum atomic E-state index is 12.6. The van der Waals surface area contributed by atoms with Gasteiger partial charge in [-0.15, -0.1) is 0 Å². The van der Waals surface area contributed by atoms with E-state index in [4.69, 9.17) is 0 Å². The van der Waals surface area contributed by atoms with E-state index in [9.17, 15) is 9.59 Å². The number of rotatable bonds is 4. The van der Waals surface area contributed by atoms with Gasteiger partial charge in [0.2, 0.25) is 5.91 Å². The van der Waals surface area contributed by atoms with Gasteiger partial charge in [-0.25, -0.2) is 9.73 Å². The first-order valence-corrected chi connectivity index (χ1v) is 8.10. The molecule has 26 heavy (non-hydrogen) atoms. The largest absolute Gasteiger partial charge is 0.351 e. The number of aromatic amines is 1. The van der Waals surface area contributed by atoms with Crippen LogP contribution in [0.4, 0.5) is 0 Å². The molecule has 1 amide bonds. The fraction of sp³-hybridized carbons (Fsp3) is 0.167. The van der Waals surface area contributed by atoms with Crippen LogP contribution in [0.3, 0.4) is 0 Å². The highest BCUT2D eigenvalue weighted by atomic mass is 16.6. The molecular weight excluding hydrogens is 334 g/mol. The third kappa shape index (κ3) is 2.81. The summed E-state index contributed by atoms with van der Waals surface area (Å²) in [5.41, 5.74) is 2.45. The molecule has 0 aliphatic carbocycles. The molecule has 0 spiro atoms. The highest BCUT2D eigenvalue weighted by Gasteiger charge is 2.20. The quantitative estimate of drug-likeness (QED) is 0.581. The Morgan fingerprint density at radius 3 is 2.77 bits per heavy atom. The summed E-state index contributed by atoms with van der Waals surface area (Å²) in [6.07, 6.45) is 0. The van der Waals surface area contributed by atoms with Gasteiger partial charge in [0.05, 0.1) is 17.0 Å². The number of hydrogen-bond donors (Lipinski definition) is 2. The van der Waals surface area contributed by atoms with Crippen LogP contribution < -0.4 is 10.9 Å². The monoisotopic (exact) mass is 349 g/mol. The molecule has 2 aromatic carbocycles. The van der Waals surface area contributed by atoms with E-state index in [-0.39, 0.29) is 11.5 Å². The second-order valence-electron chi connectivity index (χ2n) is 6.01. The lowest BCUT2D eigenvalue weighted by Crippen LogP contribution is -2.29. The summed E-state index contributed by atoms with van der Waals surface area (Å²) in [6.45, 7) is 2.10. The highest BCUT2D eigenvalue weighted by molar-refractivity contribution is 5.91. The summed E-state index contributed by atoms with van der Waals surface area (Å²) in [4.78, 5) is 24.5. The third-order valence-electron chi connectivity index (χ3n) is 4.31. The number of carbonyl (C=O) groups is 1. The Morgan fingerprint density at radius 1 is 1.15 bits per heavy atom. The van der Waals surface area contributed by atoms with Crippen LogP contribution in [-0.4, -0.2) is 26.4 Å². The van der Waals surface area contributed by atoms with E-state index in [1.807, 2.05) is 18.2 Å². The summed E-state index contributed by atoms with van der Waals surface area (Å²) >= 11 is 0. The molecule has 0 saturated heterocycles. The van der Waals surface area contributed by atoms with Gasteiger partial charge in [0.25, 0.3) is 5.56 Å². The van der Waals surface area contributed by atoms with Crippen molar-refractivity contribution < 1.29 is 9.42 Å². The maximum absolute atomic E-state index is 12.6. The number of H-pyrrole nitrogens is 1. The van der Waals surface area contributed by atoms with Crippen molar-refractivity contribution in [3.63, 3.8) is 0 Å². The minimum absolute atomic E-state index is 0.187. The molecule has 130 valence electrons. The first-order valence-electron chi connectivity index (χ1n) is 8.10.